The van der Waals surface area contributed by atoms with Gasteiger partial charge in [-0.1, -0.05) is 55.3 Å². The molecule has 1 N–H and O–H groups in total. The summed E-state index contributed by atoms with van der Waals surface area (Å²) in [5, 5.41) is 7.66. The van der Waals surface area contributed by atoms with E-state index in [1.54, 1.807) is 10.8 Å². The molecule has 0 spiro atoms. The number of benzene rings is 1. The number of esters is 1. The summed E-state index contributed by atoms with van der Waals surface area (Å²) in [7, 11) is 0. The molecule has 0 fully saturated rings. The normalized spacial score (nSPS) is 12.1. The van der Waals surface area contributed by atoms with Crippen LogP contribution in [0.4, 0.5) is 0 Å². The summed E-state index contributed by atoms with van der Waals surface area (Å²) in [5.74, 6) is -0.973. The van der Waals surface area contributed by atoms with Gasteiger partial charge in [0.2, 0.25) is 0 Å². The van der Waals surface area contributed by atoms with E-state index in [1.165, 1.54) is 6.08 Å². The second-order valence-electron chi connectivity index (χ2n) is 6.51. The van der Waals surface area contributed by atoms with E-state index in [-0.39, 0.29) is 18.6 Å². The van der Waals surface area contributed by atoms with Crippen LogP contribution in [-0.4, -0.2) is 28.3 Å². The molecule has 7 heteroatoms. The van der Waals surface area contributed by atoms with Crippen molar-refractivity contribution in [2.75, 3.05) is 6.61 Å². The van der Waals surface area contributed by atoms with Crippen LogP contribution in [-0.2, 0) is 20.9 Å². The number of hydrogen-bond acceptors (Lipinski definition) is 4. The third-order valence-corrected chi connectivity index (χ3v) is 4.64. The van der Waals surface area contributed by atoms with Crippen LogP contribution in [0.2, 0.25) is 5.15 Å². The van der Waals surface area contributed by atoms with Gasteiger partial charge in [-0.05, 0) is 31.9 Å². The largest absolute Gasteiger partial charge is 0.452 e. The lowest BCUT2D eigenvalue weighted by Gasteiger charge is -2.13. The average molecular weight is 404 g/mol. The number of nitrogens with one attached hydrogen (secondary N) is 1. The zero-order valence-electron chi connectivity index (χ0n) is 16.4. The highest BCUT2D eigenvalue weighted by Gasteiger charge is 2.13. The van der Waals surface area contributed by atoms with Gasteiger partial charge in [0.25, 0.3) is 5.91 Å². The van der Waals surface area contributed by atoms with Gasteiger partial charge in [-0.25, -0.2) is 4.79 Å². The summed E-state index contributed by atoms with van der Waals surface area (Å²) >= 11 is 6.32. The maximum absolute atomic E-state index is 12.0. The third-order valence-electron chi connectivity index (χ3n) is 4.24. The van der Waals surface area contributed by atoms with Crippen LogP contribution in [0.5, 0.6) is 0 Å². The molecule has 0 radical (unpaired) electrons. The minimum Gasteiger partial charge on any atom is -0.452 e. The first-order valence-corrected chi connectivity index (χ1v) is 9.72. The van der Waals surface area contributed by atoms with Crippen molar-refractivity contribution in [1.82, 2.24) is 15.1 Å². The van der Waals surface area contributed by atoms with Gasteiger partial charge in [0.15, 0.2) is 6.61 Å². The second-order valence-corrected chi connectivity index (χ2v) is 6.87. The number of carbonyl (C=O) groups excluding carboxylic acids is 2. The van der Waals surface area contributed by atoms with Crippen LogP contribution in [0.15, 0.2) is 36.4 Å². The Hall–Kier alpha value is -2.60. The van der Waals surface area contributed by atoms with Crippen LogP contribution in [0.25, 0.3) is 6.08 Å². The Morgan fingerprint density at radius 2 is 2.04 bits per heavy atom. The lowest BCUT2D eigenvalue weighted by atomic mass is 10.1. The number of halogens is 1. The van der Waals surface area contributed by atoms with Crippen molar-refractivity contribution in [1.29, 1.82) is 0 Å². The van der Waals surface area contributed by atoms with Gasteiger partial charge in [0, 0.05) is 18.2 Å². The Kier molecular flexibility index (Phi) is 8.26. The molecule has 1 amide bonds. The number of ether oxygens (including phenoxy) is 1. The molecule has 150 valence electrons. The molecule has 1 heterocycles. The minimum atomic E-state index is -0.612. The maximum atomic E-state index is 12.0. The van der Waals surface area contributed by atoms with Crippen molar-refractivity contribution in [3.63, 3.8) is 0 Å². The van der Waals surface area contributed by atoms with Crippen LogP contribution in [0.1, 0.15) is 49.6 Å². The number of nitrogens with zero attached hydrogens (tertiary/aromatic N) is 2. The summed E-state index contributed by atoms with van der Waals surface area (Å²) in [6.07, 6.45) is 4.84. The lowest BCUT2D eigenvalue weighted by molar-refractivity contribution is -0.144. The van der Waals surface area contributed by atoms with E-state index in [1.807, 2.05) is 44.2 Å². The fourth-order valence-electron chi connectivity index (χ4n) is 2.66. The van der Waals surface area contributed by atoms with E-state index in [2.05, 4.69) is 17.3 Å². The van der Waals surface area contributed by atoms with E-state index < -0.39 is 5.97 Å². The quantitative estimate of drug-likeness (QED) is 0.505. The number of unbranched alkanes of at least 4 members (excludes halogenated alkanes) is 1. The first kappa shape index (κ1) is 21.7. The molecular weight excluding hydrogens is 378 g/mol. The highest BCUT2D eigenvalue weighted by Crippen LogP contribution is 2.21. The fraction of sp³-hybridized carbons (Fsp3) is 0.381. The molecule has 1 aromatic carbocycles. The Labute approximate surface area is 170 Å². The molecule has 1 atom stereocenters. The standard InChI is InChI=1S/C21H26ClN3O3/c1-4-5-13-25-21(22)18(16(3)24-25)11-12-20(27)28-14-19(26)23-15(2)17-9-7-6-8-10-17/h6-12,15H,4-5,13-14H2,1-3H3,(H,23,26)/b12-11+/t15-/m0/s1. The predicted octanol–water partition coefficient (Wildman–Crippen LogP) is 4.08. The lowest BCUT2D eigenvalue weighted by Crippen LogP contribution is -2.30. The van der Waals surface area contributed by atoms with Crippen molar-refractivity contribution >= 4 is 29.6 Å². The molecule has 0 aliphatic heterocycles. The smallest absolute Gasteiger partial charge is 0.331 e. The monoisotopic (exact) mass is 403 g/mol. The molecule has 0 unspecified atom stereocenters. The molecule has 6 nitrogen and oxygen atoms in total. The number of carbonyl (C=O) groups is 2. The van der Waals surface area contributed by atoms with Gasteiger partial charge in [-0.2, -0.15) is 5.10 Å². The number of rotatable bonds is 9. The molecule has 2 aromatic rings. The number of aryl methyl sites for hydroxylation is 2. The fourth-order valence-corrected chi connectivity index (χ4v) is 2.98. The van der Waals surface area contributed by atoms with Crippen molar-refractivity contribution < 1.29 is 14.3 Å². The average Bonchev–Trinajstić information content (AvgIpc) is 2.96. The van der Waals surface area contributed by atoms with E-state index in [0.29, 0.717) is 10.7 Å². The van der Waals surface area contributed by atoms with Crippen molar-refractivity contribution in [2.24, 2.45) is 0 Å². The van der Waals surface area contributed by atoms with E-state index in [0.717, 1.165) is 30.6 Å². The molecule has 0 aliphatic carbocycles. The molecule has 0 saturated heterocycles. The highest BCUT2D eigenvalue weighted by atomic mass is 35.5. The molecule has 28 heavy (non-hydrogen) atoms. The zero-order chi connectivity index (χ0) is 20.5. The van der Waals surface area contributed by atoms with E-state index in [9.17, 15) is 9.59 Å². The third kappa shape index (κ3) is 6.23. The zero-order valence-corrected chi connectivity index (χ0v) is 17.2. The van der Waals surface area contributed by atoms with Gasteiger partial charge >= 0.3 is 5.97 Å². The summed E-state index contributed by atoms with van der Waals surface area (Å²) in [4.78, 5) is 23.9. The molecular formula is C21H26ClN3O3. The van der Waals surface area contributed by atoms with Gasteiger partial charge in [-0.15, -0.1) is 0 Å². The van der Waals surface area contributed by atoms with Crippen molar-refractivity contribution in [3.8, 4) is 0 Å². The Bertz CT molecular complexity index is 831. The maximum Gasteiger partial charge on any atom is 0.331 e. The van der Waals surface area contributed by atoms with Crippen LogP contribution < -0.4 is 5.32 Å². The number of amides is 1. The molecule has 0 aliphatic rings. The molecule has 2 rings (SSSR count). The van der Waals surface area contributed by atoms with Gasteiger partial charge < -0.3 is 10.1 Å². The Morgan fingerprint density at radius 3 is 2.71 bits per heavy atom. The SMILES string of the molecule is CCCCn1nc(C)c(/C=C/C(=O)OCC(=O)N[C@@H](C)c2ccccc2)c1Cl. The number of aromatic nitrogens is 2. The van der Waals surface area contributed by atoms with Crippen LogP contribution >= 0.6 is 11.6 Å². The summed E-state index contributed by atoms with van der Waals surface area (Å²) in [6, 6.07) is 9.39. The predicted molar refractivity (Wildman–Crippen MR) is 110 cm³/mol. The van der Waals surface area contributed by atoms with Gasteiger partial charge in [0.05, 0.1) is 11.7 Å². The van der Waals surface area contributed by atoms with Gasteiger partial charge in [-0.3, -0.25) is 9.48 Å². The van der Waals surface area contributed by atoms with Gasteiger partial charge in [0.1, 0.15) is 5.15 Å². The molecule has 0 saturated carbocycles. The Morgan fingerprint density at radius 1 is 1.32 bits per heavy atom. The first-order valence-electron chi connectivity index (χ1n) is 9.34. The van der Waals surface area contributed by atoms with Crippen LogP contribution in [0.3, 0.4) is 0 Å². The summed E-state index contributed by atoms with van der Waals surface area (Å²) in [5.41, 5.74) is 2.39. The Balaban J connectivity index is 1.85. The molecule has 0 bridgehead atoms. The highest BCUT2D eigenvalue weighted by molar-refractivity contribution is 6.31. The van der Waals surface area contributed by atoms with Crippen molar-refractivity contribution in [2.45, 2.75) is 46.2 Å². The molecule has 1 aromatic heterocycles. The topological polar surface area (TPSA) is 73.2 Å². The first-order chi connectivity index (χ1) is 13.4. The summed E-state index contributed by atoms with van der Waals surface area (Å²) in [6.45, 7) is 6.18. The van der Waals surface area contributed by atoms with E-state index in [4.69, 9.17) is 16.3 Å². The second kappa shape index (κ2) is 10.7. The van der Waals surface area contributed by atoms with Crippen molar-refractivity contribution in [3.05, 3.63) is 58.4 Å². The summed E-state index contributed by atoms with van der Waals surface area (Å²) < 4.78 is 6.73. The van der Waals surface area contributed by atoms with E-state index >= 15 is 0 Å². The van der Waals surface area contributed by atoms with Crippen LogP contribution in [0, 0.1) is 6.92 Å². The minimum absolute atomic E-state index is 0.168. The number of hydrogen-bond donors (Lipinski definition) is 1.